The van der Waals surface area contributed by atoms with Crippen LogP contribution < -0.4 is 5.32 Å². The minimum atomic E-state index is -0.318. The van der Waals surface area contributed by atoms with Crippen molar-refractivity contribution in [3.63, 3.8) is 0 Å². The Balaban J connectivity index is 0.000000321. The van der Waals surface area contributed by atoms with Crippen LogP contribution in [0.3, 0.4) is 0 Å². The molecule has 0 spiro atoms. The van der Waals surface area contributed by atoms with Gasteiger partial charge in [0.1, 0.15) is 11.4 Å². The Kier molecular flexibility index (Phi) is 8.51. The van der Waals surface area contributed by atoms with Gasteiger partial charge in [0.05, 0.1) is 5.69 Å². The molecule has 1 aromatic heterocycles. The van der Waals surface area contributed by atoms with Gasteiger partial charge in [-0.25, -0.2) is 4.98 Å². The Bertz CT molecular complexity index is 579. The topological polar surface area (TPSA) is 59.4 Å². The Morgan fingerprint density at radius 2 is 1.93 bits per heavy atom. The van der Waals surface area contributed by atoms with Crippen molar-refractivity contribution in [1.82, 2.24) is 19.8 Å². The minimum Gasteiger partial charge on any atom is -0.462 e. The van der Waals surface area contributed by atoms with E-state index in [1.165, 1.54) is 44.6 Å². The van der Waals surface area contributed by atoms with Crippen LogP contribution in [0, 0.1) is 0 Å². The summed E-state index contributed by atoms with van der Waals surface area (Å²) >= 11 is 0. The monoisotopic (exact) mass is 376 g/mol. The molecule has 152 valence electrons. The van der Waals surface area contributed by atoms with Crippen molar-refractivity contribution in [3.05, 3.63) is 24.3 Å². The Hall–Kier alpha value is -1.66. The zero-order chi connectivity index (χ0) is 19.7. The number of carbonyl (C=O) groups excluding carboxylic acids is 1. The van der Waals surface area contributed by atoms with E-state index in [1.807, 2.05) is 26.8 Å². The first-order valence-electron chi connectivity index (χ1n) is 10.2. The highest BCUT2D eigenvalue weighted by Crippen LogP contribution is 2.25. The molecule has 0 aliphatic carbocycles. The number of piperidine rings is 1. The van der Waals surface area contributed by atoms with Crippen molar-refractivity contribution in [2.75, 3.05) is 32.7 Å². The van der Waals surface area contributed by atoms with Crippen LogP contribution in [0.15, 0.2) is 12.8 Å². The maximum Gasteiger partial charge on any atom is 0.293 e. The highest BCUT2D eigenvalue weighted by molar-refractivity contribution is 5.40. The Morgan fingerprint density at radius 1 is 1.26 bits per heavy atom. The first-order valence-corrected chi connectivity index (χ1v) is 10.2. The molecule has 2 aliphatic heterocycles. The van der Waals surface area contributed by atoms with Gasteiger partial charge < -0.3 is 19.5 Å². The van der Waals surface area contributed by atoms with E-state index in [-0.39, 0.29) is 5.60 Å². The SMILES string of the molecule is C=Cc1cn(CCN2CCCC2)c(C2CCNCC2)n1.CC(C)(C)OC=O. The number of ether oxygens (including phenoxy) is 1. The summed E-state index contributed by atoms with van der Waals surface area (Å²) < 4.78 is 6.93. The van der Waals surface area contributed by atoms with Crippen LogP contribution in [0.25, 0.3) is 6.08 Å². The molecule has 0 unspecified atom stereocenters. The van der Waals surface area contributed by atoms with Gasteiger partial charge in [-0.3, -0.25) is 4.79 Å². The largest absolute Gasteiger partial charge is 0.462 e. The van der Waals surface area contributed by atoms with E-state index in [1.54, 1.807) is 0 Å². The first kappa shape index (κ1) is 21.6. The molecule has 1 aromatic rings. The van der Waals surface area contributed by atoms with Gasteiger partial charge in [-0.15, -0.1) is 0 Å². The molecule has 6 heteroatoms. The molecule has 0 amide bonds. The third-order valence-electron chi connectivity index (χ3n) is 5.00. The second-order valence-electron chi connectivity index (χ2n) is 8.32. The maximum atomic E-state index is 9.60. The van der Waals surface area contributed by atoms with Gasteiger partial charge in [0.2, 0.25) is 0 Å². The molecular formula is C21H36N4O2. The summed E-state index contributed by atoms with van der Waals surface area (Å²) in [6.07, 6.45) is 9.19. The predicted molar refractivity (Wildman–Crippen MR) is 110 cm³/mol. The van der Waals surface area contributed by atoms with Crippen molar-refractivity contribution in [1.29, 1.82) is 0 Å². The van der Waals surface area contributed by atoms with Crippen LogP contribution in [0.1, 0.15) is 63.9 Å². The lowest BCUT2D eigenvalue weighted by molar-refractivity contribution is -0.138. The molecule has 2 saturated heterocycles. The average molecular weight is 377 g/mol. The summed E-state index contributed by atoms with van der Waals surface area (Å²) in [6.45, 7) is 16.8. The standard InChI is InChI=1S/C16H26N4.C5H10O2/c1-2-15-13-20(12-11-19-9-3-4-10-19)16(18-15)14-5-7-17-8-6-14;1-5(2,3)7-4-6/h2,13-14,17H,1,3-12H2;4H,1-3H3. The highest BCUT2D eigenvalue weighted by atomic mass is 16.5. The lowest BCUT2D eigenvalue weighted by atomic mass is 9.97. The highest BCUT2D eigenvalue weighted by Gasteiger charge is 2.21. The van der Waals surface area contributed by atoms with Crippen molar-refractivity contribution in [2.24, 2.45) is 0 Å². The van der Waals surface area contributed by atoms with Crippen LogP contribution in [0.4, 0.5) is 0 Å². The Morgan fingerprint density at radius 3 is 2.44 bits per heavy atom. The molecule has 0 radical (unpaired) electrons. The van der Waals surface area contributed by atoms with E-state index < -0.39 is 0 Å². The van der Waals surface area contributed by atoms with Gasteiger partial charge in [-0.2, -0.15) is 0 Å². The molecule has 3 rings (SSSR count). The second-order valence-corrected chi connectivity index (χ2v) is 8.32. The third-order valence-corrected chi connectivity index (χ3v) is 5.00. The fourth-order valence-electron chi connectivity index (χ4n) is 3.53. The third kappa shape index (κ3) is 7.46. The number of carbonyl (C=O) groups is 1. The predicted octanol–water partition coefficient (Wildman–Crippen LogP) is 3.05. The smallest absolute Gasteiger partial charge is 0.293 e. The fourth-order valence-corrected chi connectivity index (χ4v) is 3.53. The zero-order valence-corrected chi connectivity index (χ0v) is 17.2. The number of hydrogen-bond acceptors (Lipinski definition) is 5. The van der Waals surface area contributed by atoms with Gasteiger partial charge in [0.25, 0.3) is 6.47 Å². The van der Waals surface area contributed by atoms with Crippen LogP contribution in [-0.2, 0) is 16.1 Å². The summed E-state index contributed by atoms with van der Waals surface area (Å²) in [4.78, 5) is 17.0. The number of rotatable bonds is 6. The molecule has 6 nitrogen and oxygen atoms in total. The van der Waals surface area contributed by atoms with Crippen LogP contribution in [-0.4, -0.2) is 59.2 Å². The van der Waals surface area contributed by atoms with Gasteiger partial charge >= 0.3 is 0 Å². The van der Waals surface area contributed by atoms with E-state index in [0.29, 0.717) is 12.4 Å². The van der Waals surface area contributed by atoms with Crippen molar-refractivity contribution in [3.8, 4) is 0 Å². The summed E-state index contributed by atoms with van der Waals surface area (Å²) in [6, 6.07) is 0. The zero-order valence-electron chi connectivity index (χ0n) is 17.2. The molecular weight excluding hydrogens is 340 g/mol. The van der Waals surface area contributed by atoms with Crippen molar-refractivity contribution >= 4 is 12.5 Å². The molecule has 0 saturated carbocycles. The van der Waals surface area contributed by atoms with Gasteiger partial charge in [0.15, 0.2) is 0 Å². The van der Waals surface area contributed by atoms with E-state index in [9.17, 15) is 4.79 Å². The number of hydrogen-bond donors (Lipinski definition) is 1. The number of imidazole rings is 1. The number of nitrogens with one attached hydrogen (secondary N) is 1. The van der Waals surface area contributed by atoms with Gasteiger partial charge in [-0.05, 0) is 78.7 Å². The van der Waals surface area contributed by atoms with Crippen LogP contribution in [0.5, 0.6) is 0 Å². The number of aromatic nitrogens is 2. The van der Waals surface area contributed by atoms with Crippen LogP contribution >= 0.6 is 0 Å². The van der Waals surface area contributed by atoms with E-state index in [2.05, 4.69) is 32.3 Å². The van der Waals surface area contributed by atoms with E-state index in [0.717, 1.165) is 31.9 Å². The summed E-state index contributed by atoms with van der Waals surface area (Å²) in [5.74, 6) is 1.89. The molecule has 0 atom stereocenters. The van der Waals surface area contributed by atoms with E-state index in [4.69, 9.17) is 4.98 Å². The molecule has 3 heterocycles. The van der Waals surface area contributed by atoms with Gasteiger partial charge in [0, 0.05) is 25.2 Å². The molecule has 2 aliphatic rings. The van der Waals surface area contributed by atoms with Gasteiger partial charge in [-0.1, -0.05) is 6.58 Å². The average Bonchev–Trinajstić information content (AvgIpc) is 3.30. The Labute approximate surface area is 164 Å². The lowest BCUT2D eigenvalue weighted by Crippen LogP contribution is -2.29. The van der Waals surface area contributed by atoms with E-state index >= 15 is 0 Å². The molecule has 0 bridgehead atoms. The summed E-state index contributed by atoms with van der Waals surface area (Å²) in [5, 5.41) is 3.44. The normalized spacial score (nSPS) is 18.6. The minimum absolute atomic E-state index is 0.318. The first-order chi connectivity index (χ1) is 12.9. The molecule has 2 fully saturated rings. The van der Waals surface area contributed by atoms with Crippen LogP contribution in [0.2, 0.25) is 0 Å². The number of nitrogens with zero attached hydrogens (tertiary/aromatic N) is 3. The second kappa shape index (κ2) is 10.6. The fraction of sp³-hybridized carbons (Fsp3) is 0.714. The molecule has 27 heavy (non-hydrogen) atoms. The van der Waals surface area contributed by atoms with Crippen molar-refractivity contribution in [2.45, 2.75) is 64.5 Å². The summed E-state index contributed by atoms with van der Waals surface area (Å²) in [7, 11) is 0. The molecule has 1 N–H and O–H groups in total. The quantitative estimate of drug-likeness (QED) is 0.773. The summed E-state index contributed by atoms with van der Waals surface area (Å²) in [5.41, 5.74) is 0.710. The molecule has 0 aromatic carbocycles. The maximum absolute atomic E-state index is 9.60. The number of likely N-dealkylation sites (tertiary alicyclic amines) is 1. The lowest BCUT2D eigenvalue weighted by Gasteiger charge is -2.24. The van der Waals surface area contributed by atoms with Crippen molar-refractivity contribution < 1.29 is 9.53 Å².